The number of carbonyl (C=O) groups excluding carboxylic acids is 1. The molecule has 1 amide bonds. The summed E-state index contributed by atoms with van der Waals surface area (Å²) in [6.07, 6.45) is 3.76. The van der Waals surface area contributed by atoms with Crippen LogP contribution >= 0.6 is 0 Å². The van der Waals surface area contributed by atoms with Crippen LogP contribution in [0.15, 0.2) is 47.6 Å². The summed E-state index contributed by atoms with van der Waals surface area (Å²) in [7, 11) is -4.12. The molecule has 1 N–H and O–H groups in total. The zero-order valence-electron chi connectivity index (χ0n) is 13.7. The summed E-state index contributed by atoms with van der Waals surface area (Å²) >= 11 is 0. The lowest BCUT2D eigenvalue weighted by molar-refractivity contribution is 0.0923. The molecule has 0 atom stereocenters. The van der Waals surface area contributed by atoms with Crippen LogP contribution in [0.1, 0.15) is 23.2 Å². The maximum Gasteiger partial charge on any atom is 0.253 e. The molecule has 0 unspecified atom stereocenters. The van der Waals surface area contributed by atoms with Crippen molar-refractivity contribution in [2.45, 2.75) is 23.8 Å². The van der Waals surface area contributed by atoms with Crippen LogP contribution in [-0.4, -0.2) is 42.7 Å². The van der Waals surface area contributed by atoms with Crippen molar-refractivity contribution >= 4 is 15.9 Å². The van der Waals surface area contributed by atoms with E-state index in [1.807, 2.05) is 0 Å². The van der Waals surface area contributed by atoms with Crippen LogP contribution in [0.2, 0.25) is 0 Å². The molecule has 1 aliphatic rings. The number of hydrogen-bond acceptors (Lipinski definition) is 4. The quantitative estimate of drug-likeness (QED) is 0.878. The highest BCUT2D eigenvalue weighted by Crippen LogP contribution is 2.24. The van der Waals surface area contributed by atoms with Crippen molar-refractivity contribution in [2.24, 2.45) is 0 Å². The number of nitrogens with one attached hydrogen (secondary N) is 1. The number of sulfonamides is 1. The van der Waals surface area contributed by atoms with E-state index in [2.05, 4.69) is 10.3 Å². The molecule has 6 nitrogen and oxygen atoms in total. The third-order valence-corrected chi connectivity index (χ3v) is 6.14. The van der Waals surface area contributed by atoms with Crippen molar-refractivity contribution in [1.29, 1.82) is 0 Å². The number of rotatable bonds is 4. The lowest BCUT2D eigenvalue weighted by Crippen LogP contribution is -2.46. The average molecular weight is 381 g/mol. The molecule has 0 spiro atoms. The molecule has 1 aromatic carbocycles. The van der Waals surface area contributed by atoms with Crippen LogP contribution in [0.4, 0.5) is 8.78 Å². The van der Waals surface area contributed by atoms with Gasteiger partial charge in [-0.15, -0.1) is 0 Å². The molecule has 0 aliphatic carbocycles. The van der Waals surface area contributed by atoms with Gasteiger partial charge in [-0.1, -0.05) is 0 Å². The average Bonchev–Trinajstić information content (AvgIpc) is 2.65. The van der Waals surface area contributed by atoms with Gasteiger partial charge >= 0.3 is 0 Å². The molecule has 3 rings (SSSR count). The first-order valence-electron chi connectivity index (χ1n) is 8.04. The summed E-state index contributed by atoms with van der Waals surface area (Å²) in [5, 5.41) is 2.83. The summed E-state index contributed by atoms with van der Waals surface area (Å²) in [6, 6.07) is 5.43. The molecule has 9 heteroatoms. The summed E-state index contributed by atoms with van der Waals surface area (Å²) < 4.78 is 53.3. The zero-order chi connectivity index (χ0) is 18.7. The lowest BCUT2D eigenvalue weighted by atomic mass is 10.1. The number of hydrogen-bond donors (Lipinski definition) is 1. The molecule has 1 aromatic heterocycles. The van der Waals surface area contributed by atoms with Gasteiger partial charge in [0, 0.05) is 31.5 Å². The molecule has 1 aliphatic heterocycles. The molecule has 1 fully saturated rings. The Morgan fingerprint density at radius 2 is 1.92 bits per heavy atom. The van der Waals surface area contributed by atoms with Gasteiger partial charge in [-0.2, -0.15) is 4.31 Å². The number of aromatic nitrogens is 1. The molecule has 2 heterocycles. The number of benzene rings is 1. The Morgan fingerprint density at radius 3 is 2.58 bits per heavy atom. The third-order valence-electron chi connectivity index (χ3n) is 4.22. The molecule has 0 saturated carbocycles. The summed E-state index contributed by atoms with van der Waals surface area (Å²) in [4.78, 5) is 15.3. The Labute approximate surface area is 149 Å². The highest BCUT2D eigenvalue weighted by atomic mass is 32.2. The van der Waals surface area contributed by atoms with E-state index in [1.54, 1.807) is 18.3 Å². The topological polar surface area (TPSA) is 79.4 Å². The minimum Gasteiger partial charge on any atom is -0.349 e. The predicted octanol–water partition coefficient (Wildman–Crippen LogP) is 1.94. The van der Waals surface area contributed by atoms with Crippen molar-refractivity contribution in [3.8, 4) is 0 Å². The maximum atomic E-state index is 13.8. The van der Waals surface area contributed by atoms with Gasteiger partial charge in [-0.25, -0.2) is 17.2 Å². The predicted molar refractivity (Wildman–Crippen MR) is 89.8 cm³/mol. The molecular formula is C17H17F2N3O3S. The molecule has 138 valence electrons. The van der Waals surface area contributed by atoms with E-state index in [1.165, 1.54) is 6.20 Å². The number of amides is 1. The van der Waals surface area contributed by atoms with Crippen molar-refractivity contribution < 1.29 is 22.0 Å². The second-order valence-corrected chi connectivity index (χ2v) is 7.87. The van der Waals surface area contributed by atoms with Gasteiger partial charge < -0.3 is 5.32 Å². The summed E-state index contributed by atoms with van der Waals surface area (Å²) in [5.74, 6) is -2.09. The maximum absolute atomic E-state index is 13.8. The first-order chi connectivity index (χ1) is 12.4. The van der Waals surface area contributed by atoms with Crippen LogP contribution in [-0.2, 0) is 10.0 Å². The number of nitrogens with zero attached hydrogens (tertiary/aromatic N) is 2. The van der Waals surface area contributed by atoms with E-state index < -0.39 is 26.6 Å². The van der Waals surface area contributed by atoms with Gasteiger partial charge in [-0.05, 0) is 43.2 Å². The lowest BCUT2D eigenvalue weighted by Gasteiger charge is -2.31. The van der Waals surface area contributed by atoms with Crippen molar-refractivity contribution in [2.75, 3.05) is 13.1 Å². The van der Waals surface area contributed by atoms with E-state index in [0.717, 1.165) is 16.4 Å². The minimum atomic E-state index is -4.12. The van der Waals surface area contributed by atoms with E-state index in [0.29, 0.717) is 24.5 Å². The van der Waals surface area contributed by atoms with Crippen LogP contribution in [0.25, 0.3) is 0 Å². The second-order valence-electron chi connectivity index (χ2n) is 5.97. The van der Waals surface area contributed by atoms with E-state index in [-0.39, 0.29) is 25.0 Å². The van der Waals surface area contributed by atoms with Crippen molar-refractivity contribution in [1.82, 2.24) is 14.6 Å². The van der Waals surface area contributed by atoms with E-state index >= 15 is 0 Å². The van der Waals surface area contributed by atoms with Crippen LogP contribution in [0.5, 0.6) is 0 Å². The Kier molecular flexibility index (Phi) is 5.28. The summed E-state index contributed by atoms with van der Waals surface area (Å²) in [5.41, 5.74) is 0.421. The molecule has 0 bridgehead atoms. The van der Waals surface area contributed by atoms with Gasteiger partial charge in [0.05, 0.1) is 5.56 Å². The third kappa shape index (κ3) is 3.88. The van der Waals surface area contributed by atoms with Crippen molar-refractivity contribution in [3.05, 3.63) is 59.9 Å². The van der Waals surface area contributed by atoms with Crippen molar-refractivity contribution in [3.63, 3.8) is 0 Å². The van der Waals surface area contributed by atoms with Gasteiger partial charge in [0.1, 0.15) is 16.5 Å². The monoisotopic (exact) mass is 381 g/mol. The highest BCUT2D eigenvalue weighted by Gasteiger charge is 2.32. The number of carbonyl (C=O) groups is 1. The SMILES string of the molecule is O=C(NC1CCN(S(=O)(=O)c2cc(F)ccc2F)CC1)c1cccnc1. The number of halogens is 2. The normalized spacial score (nSPS) is 16.4. The molecule has 1 saturated heterocycles. The minimum absolute atomic E-state index is 0.107. The largest absolute Gasteiger partial charge is 0.349 e. The molecule has 0 radical (unpaired) electrons. The van der Waals surface area contributed by atoms with Crippen LogP contribution in [0.3, 0.4) is 0 Å². The van der Waals surface area contributed by atoms with Gasteiger partial charge in [0.25, 0.3) is 5.91 Å². The fraction of sp³-hybridized carbons (Fsp3) is 0.294. The second kappa shape index (κ2) is 7.46. The summed E-state index contributed by atoms with van der Waals surface area (Å²) in [6.45, 7) is 0.215. The van der Waals surface area contributed by atoms with Crippen LogP contribution < -0.4 is 5.32 Å². The fourth-order valence-corrected chi connectivity index (χ4v) is 4.37. The van der Waals surface area contributed by atoms with Crippen LogP contribution in [0, 0.1) is 11.6 Å². The first kappa shape index (κ1) is 18.4. The van der Waals surface area contributed by atoms with Gasteiger partial charge in [-0.3, -0.25) is 9.78 Å². The Balaban J connectivity index is 1.65. The van der Waals surface area contributed by atoms with Gasteiger partial charge in [0.15, 0.2) is 0 Å². The number of pyridine rings is 1. The Hall–Kier alpha value is -2.39. The van der Waals surface area contributed by atoms with Gasteiger partial charge in [0.2, 0.25) is 10.0 Å². The molecular weight excluding hydrogens is 364 g/mol. The first-order valence-corrected chi connectivity index (χ1v) is 9.48. The number of piperidine rings is 1. The zero-order valence-corrected chi connectivity index (χ0v) is 14.5. The molecule has 26 heavy (non-hydrogen) atoms. The highest BCUT2D eigenvalue weighted by molar-refractivity contribution is 7.89. The smallest absolute Gasteiger partial charge is 0.253 e. The Morgan fingerprint density at radius 1 is 1.19 bits per heavy atom. The standard InChI is InChI=1S/C17H17F2N3O3S/c18-13-3-4-15(19)16(10-13)26(24,25)22-8-5-14(6-9-22)21-17(23)12-2-1-7-20-11-12/h1-4,7,10-11,14H,5-6,8-9H2,(H,21,23). The fourth-order valence-electron chi connectivity index (χ4n) is 2.82. The van der Waals surface area contributed by atoms with E-state index in [9.17, 15) is 22.0 Å². The Bertz CT molecular complexity index is 899. The van der Waals surface area contributed by atoms with E-state index in [4.69, 9.17) is 0 Å². The molecule has 2 aromatic rings.